The minimum Gasteiger partial charge on any atom is -0.406 e. The molecule has 3 nitrogen and oxygen atoms in total. The molecule has 0 unspecified atom stereocenters. The molecule has 0 saturated carbocycles. The van der Waals surface area contributed by atoms with Crippen molar-refractivity contribution in [2.24, 2.45) is 11.5 Å². The van der Waals surface area contributed by atoms with Gasteiger partial charge in [0.2, 0.25) is 0 Å². The van der Waals surface area contributed by atoms with Crippen molar-refractivity contribution in [3.8, 4) is 5.75 Å². The van der Waals surface area contributed by atoms with Gasteiger partial charge < -0.3 is 16.2 Å². The zero-order valence-electron chi connectivity index (χ0n) is 7.08. The maximum Gasteiger partial charge on any atom is 0.573 e. The SMILES string of the molecule is NC(N)c1ccc(OC(F)(F)F)cc1. The molecule has 0 bridgehead atoms. The van der Waals surface area contributed by atoms with Crippen LogP contribution in [0.25, 0.3) is 0 Å². The molecule has 0 aromatic heterocycles. The number of hydrogen-bond acceptors (Lipinski definition) is 3. The van der Waals surface area contributed by atoms with Crippen LogP contribution in [0.15, 0.2) is 24.3 Å². The molecule has 14 heavy (non-hydrogen) atoms. The standard InChI is InChI=1S/C8H9F3N2O/c9-8(10,11)14-6-3-1-5(2-4-6)7(12)13/h1-4,7H,12-13H2. The van der Waals surface area contributed by atoms with Crippen molar-refractivity contribution in [2.75, 3.05) is 0 Å². The van der Waals surface area contributed by atoms with Gasteiger partial charge in [-0.25, -0.2) is 0 Å². The van der Waals surface area contributed by atoms with Crippen molar-refractivity contribution in [1.29, 1.82) is 0 Å². The molecule has 4 N–H and O–H groups in total. The lowest BCUT2D eigenvalue weighted by Crippen LogP contribution is -2.20. The van der Waals surface area contributed by atoms with Crippen LogP contribution in [-0.2, 0) is 0 Å². The molecule has 1 aromatic carbocycles. The molecule has 6 heteroatoms. The third-order valence-electron chi connectivity index (χ3n) is 1.50. The van der Waals surface area contributed by atoms with E-state index in [0.717, 1.165) is 12.1 Å². The van der Waals surface area contributed by atoms with Crippen molar-refractivity contribution in [3.63, 3.8) is 0 Å². The van der Waals surface area contributed by atoms with Crippen molar-refractivity contribution >= 4 is 0 Å². The van der Waals surface area contributed by atoms with E-state index in [4.69, 9.17) is 11.5 Å². The second-order valence-electron chi connectivity index (χ2n) is 2.64. The number of halogens is 3. The molecular weight excluding hydrogens is 197 g/mol. The molecule has 0 radical (unpaired) electrons. The monoisotopic (exact) mass is 206 g/mol. The molecule has 0 atom stereocenters. The van der Waals surface area contributed by atoms with Gasteiger partial charge in [-0.1, -0.05) is 12.1 Å². The van der Waals surface area contributed by atoms with E-state index in [1.807, 2.05) is 0 Å². The summed E-state index contributed by atoms with van der Waals surface area (Å²) in [6, 6.07) is 5.09. The normalized spacial score (nSPS) is 11.9. The number of benzene rings is 1. The van der Waals surface area contributed by atoms with Gasteiger partial charge in [0.25, 0.3) is 0 Å². The predicted molar refractivity (Wildman–Crippen MR) is 44.2 cm³/mol. The van der Waals surface area contributed by atoms with Gasteiger partial charge in [0.15, 0.2) is 0 Å². The Labute approximate surface area is 78.5 Å². The Kier molecular flexibility index (Phi) is 2.97. The van der Waals surface area contributed by atoms with Crippen LogP contribution >= 0.6 is 0 Å². The molecule has 0 aliphatic rings. The smallest absolute Gasteiger partial charge is 0.406 e. The van der Waals surface area contributed by atoms with Crippen LogP contribution in [0.3, 0.4) is 0 Å². The second-order valence-corrected chi connectivity index (χ2v) is 2.64. The molecule has 1 rings (SSSR count). The summed E-state index contributed by atoms with van der Waals surface area (Å²) >= 11 is 0. The van der Waals surface area contributed by atoms with Crippen LogP contribution in [-0.4, -0.2) is 6.36 Å². The highest BCUT2D eigenvalue weighted by atomic mass is 19.4. The Morgan fingerprint density at radius 2 is 1.57 bits per heavy atom. The Morgan fingerprint density at radius 1 is 1.07 bits per heavy atom. The summed E-state index contributed by atoms with van der Waals surface area (Å²) in [5.41, 5.74) is 11.2. The highest BCUT2D eigenvalue weighted by molar-refractivity contribution is 5.28. The fourth-order valence-electron chi connectivity index (χ4n) is 0.892. The molecule has 0 heterocycles. The lowest BCUT2D eigenvalue weighted by atomic mass is 10.2. The van der Waals surface area contributed by atoms with Crippen LogP contribution in [0, 0.1) is 0 Å². The van der Waals surface area contributed by atoms with Crippen LogP contribution in [0.1, 0.15) is 11.7 Å². The fraction of sp³-hybridized carbons (Fsp3) is 0.250. The van der Waals surface area contributed by atoms with E-state index >= 15 is 0 Å². The zero-order chi connectivity index (χ0) is 10.8. The summed E-state index contributed by atoms with van der Waals surface area (Å²) < 4.78 is 38.8. The van der Waals surface area contributed by atoms with E-state index in [-0.39, 0.29) is 5.75 Å². The van der Waals surface area contributed by atoms with Crippen molar-refractivity contribution < 1.29 is 17.9 Å². The van der Waals surface area contributed by atoms with E-state index in [1.165, 1.54) is 12.1 Å². The topological polar surface area (TPSA) is 61.3 Å². The Hall–Kier alpha value is -1.27. The van der Waals surface area contributed by atoms with Crippen LogP contribution < -0.4 is 16.2 Å². The minimum atomic E-state index is -4.67. The van der Waals surface area contributed by atoms with Gasteiger partial charge >= 0.3 is 6.36 Å². The van der Waals surface area contributed by atoms with Gasteiger partial charge in [-0.3, -0.25) is 0 Å². The molecule has 0 saturated heterocycles. The first kappa shape index (κ1) is 10.8. The Balaban J connectivity index is 2.74. The number of hydrogen-bond donors (Lipinski definition) is 2. The van der Waals surface area contributed by atoms with Crippen molar-refractivity contribution in [2.45, 2.75) is 12.5 Å². The molecule has 1 aromatic rings. The van der Waals surface area contributed by atoms with Crippen molar-refractivity contribution in [3.05, 3.63) is 29.8 Å². The molecule has 0 aliphatic carbocycles. The summed E-state index contributed by atoms with van der Waals surface area (Å²) in [6.45, 7) is 0. The molecular formula is C8H9F3N2O. The van der Waals surface area contributed by atoms with Gasteiger partial charge in [-0.05, 0) is 17.7 Å². The first-order valence-electron chi connectivity index (χ1n) is 3.75. The van der Waals surface area contributed by atoms with E-state index < -0.39 is 12.5 Å². The maximum atomic E-state index is 11.7. The lowest BCUT2D eigenvalue weighted by molar-refractivity contribution is -0.274. The summed E-state index contributed by atoms with van der Waals surface area (Å²) in [6.07, 6.45) is -5.37. The summed E-state index contributed by atoms with van der Waals surface area (Å²) in [5, 5.41) is 0. The average molecular weight is 206 g/mol. The predicted octanol–water partition coefficient (Wildman–Crippen LogP) is 1.50. The Morgan fingerprint density at radius 3 is 1.93 bits per heavy atom. The third-order valence-corrected chi connectivity index (χ3v) is 1.50. The number of ether oxygens (including phenoxy) is 1. The van der Waals surface area contributed by atoms with Gasteiger partial charge in [0.05, 0.1) is 6.17 Å². The maximum absolute atomic E-state index is 11.7. The Bertz CT molecular complexity index is 294. The number of nitrogens with two attached hydrogens (primary N) is 2. The molecule has 78 valence electrons. The average Bonchev–Trinajstić information content (AvgIpc) is 2.02. The summed E-state index contributed by atoms with van der Waals surface area (Å²) in [5.74, 6) is -0.290. The first-order valence-corrected chi connectivity index (χ1v) is 3.75. The van der Waals surface area contributed by atoms with Gasteiger partial charge in [0.1, 0.15) is 5.75 Å². The van der Waals surface area contributed by atoms with E-state index in [1.54, 1.807) is 0 Å². The van der Waals surface area contributed by atoms with Crippen LogP contribution in [0.5, 0.6) is 5.75 Å². The largest absolute Gasteiger partial charge is 0.573 e. The molecule has 0 aliphatic heterocycles. The molecule has 0 amide bonds. The highest BCUT2D eigenvalue weighted by Crippen LogP contribution is 2.23. The first-order chi connectivity index (χ1) is 6.38. The van der Waals surface area contributed by atoms with Gasteiger partial charge in [-0.15, -0.1) is 13.2 Å². The summed E-state index contributed by atoms with van der Waals surface area (Å²) in [4.78, 5) is 0. The van der Waals surface area contributed by atoms with E-state index in [9.17, 15) is 13.2 Å². The zero-order valence-corrected chi connectivity index (χ0v) is 7.08. The lowest BCUT2D eigenvalue weighted by Gasteiger charge is -2.10. The van der Waals surface area contributed by atoms with Crippen molar-refractivity contribution in [1.82, 2.24) is 0 Å². The fourth-order valence-corrected chi connectivity index (χ4v) is 0.892. The third kappa shape index (κ3) is 3.23. The second kappa shape index (κ2) is 3.85. The number of alkyl halides is 3. The van der Waals surface area contributed by atoms with E-state index in [2.05, 4.69) is 4.74 Å². The molecule has 0 fully saturated rings. The van der Waals surface area contributed by atoms with E-state index in [0.29, 0.717) is 5.56 Å². The highest BCUT2D eigenvalue weighted by Gasteiger charge is 2.30. The van der Waals surface area contributed by atoms with Gasteiger partial charge in [-0.2, -0.15) is 0 Å². The van der Waals surface area contributed by atoms with Crippen LogP contribution in [0.4, 0.5) is 13.2 Å². The van der Waals surface area contributed by atoms with Crippen LogP contribution in [0.2, 0.25) is 0 Å². The molecule has 0 spiro atoms. The summed E-state index contributed by atoms with van der Waals surface area (Å²) in [7, 11) is 0. The quantitative estimate of drug-likeness (QED) is 0.721. The number of rotatable bonds is 2. The minimum absolute atomic E-state index is 0.290. The van der Waals surface area contributed by atoms with Gasteiger partial charge in [0, 0.05) is 0 Å².